The molecule has 4 heteroatoms. The van der Waals surface area contributed by atoms with Crippen LogP contribution in [0.2, 0.25) is 0 Å². The fourth-order valence-electron chi connectivity index (χ4n) is 1.99. The lowest BCUT2D eigenvalue weighted by atomic mass is 9.97. The molecule has 0 saturated carbocycles. The Morgan fingerprint density at radius 3 is 2.93 bits per heavy atom. The molecule has 1 aliphatic rings. The summed E-state index contributed by atoms with van der Waals surface area (Å²) in [5, 5.41) is 0. The van der Waals surface area contributed by atoms with Crippen molar-refractivity contribution in [3.05, 3.63) is 35.1 Å². The van der Waals surface area contributed by atoms with Crippen LogP contribution in [0, 0.1) is 5.82 Å². The summed E-state index contributed by atoms with van der Waals surface area (Å²) >= 11 is 0. The molecule has 1 aliphatic carbocycles. The van der Waals surface area contributed by atoms with E-state index in [1.807, 2.05) is 0 Å². The van der Waals surface area contributed by atoms with E-state index >= 15 is 0 Å². The van der Waals surface area contributed by atoms with Gasteiger partial charge >= 0.3 is 0 Å². The van der Waals surface area contributed by atoms with Gasteiger partial charge in [-0.1, -0.05) is 0 Å². The Morgan fingerprint density at radius 1 is 1.53 bits per heavy atom. The molecule has 2 N–H and O–H groups in total. The van der Waals surface area contributed by atoms with E-state index in [4.69, 9.17) is 5.73 Å². The van der Waals surface area contributed by atoms with Crippen LogP contribution in [-0.4, -0.2) is 11.7 Å². The first-order chi connectivity index (χ1) is 7.08. The topological polar surface area (TPSA) is 60.2 Å². The first kappa shape index (κ1) is 9.83. The van der Waals surface area contributed by atoms with Crippen molar-refractivity contribution in [3.8, 4) is 0 Å². The summed E-state index contributed by atoms with van der Waals surface area (Å²) in [7, 11) is 0. The maximum atomic E-state index is 13.0. The molecule has 1 aromatic carbocycles. The molecular weight excluding hydrogens is 197 g/mol. The predicted molar refractivity (Wildman–Crippen MR) is 51.9 cm³/mol. The van der Waals surface area contributed by atoms with E-state index < -0.39 is 11.7 Å². The van der Waals surface area contributed by atoms with E-state index in [9.17, 15) is 14.0 Å². The normalized spacial score (nSPS) is 19.0. The van der Waals surface area contributed by atoms with Crippen LogP contribution in [0.25, 0.3) is 0 Å². The molecule has 0 heterocycles. The van der Waals surface area contributed by atoms with Gasteiger partial charge in [-0.25, -0.2) is 4.39 Å². The van der Waals surface area contributed by atoms with E-state index in [2.05, 4.69) is 0 Å². The number of fused-ring (bicyclic) bond motifs is 1. The number of Topliss-reactive ketones (excluding diaryl/α,β-unsaturated/α-hetero) is 1. The van der Waals surface area contributed by atoms with Gasteiger partial charge < -0.3 is 5.73 Å². The fourth-order valence-corrected chi connectivity index (χ4v) is 1.99. The highest BCUT2D eigenvalue weighted by molar-refractivity contribution is 6.01. The second kappa shape index (κ2) is 3.46. The third-order valence-corrected chi connectivity index (χ3v) is 2.63. The van der Waals surface area contributed by atoms with Gasteiger partial charge in [-0.3, -0.25) is 9.59 Å². The van der Waals surface area contributed by atoms with Crippen LogP contribution in [0.5, 0.6) is 0 Å². The SMILES string of the molecule is NC(=O)CC1CC(=O)c2ccc(F)cc21. The second-order valence-corrected chi connectivity index (χ2v) is 3.73. The van der Waals surface area contributed by atoms with Gasteiger partial charge in [0.2, 0.25) is 5.91 Å². The van der Waals surface area contributed by atoms with Crippen molar-refractivity contribution >= 4 is 11.7 Å². The van der Waals surface area contributed by atoms with Gasteiger partial charge in [0, 0.05) is 24.3 Å². The van der Waals surface area contributed by atoms with Crippen molar-refractivity contribution in [2.75, 3.05) is 0 Å². The van der Waals surface area contributed by atoms with Crippen LogP contribution in [0.15, 0.2) is 18.2 Å². The van der Waals surface area contributed by atoms with Crippen molar-refractivity contribution < 1.29 is 14.0 Å². The average molecular weight is 207 g/mol. The van der Waals surface area contributed by atoms with Crippen molar-refractivity contribution in [3.63, 3.8) is 0 Å². The number of carbonyl (C=O) groups excluding carboxylic acids is 2. The van der Waals surface area contributed by atoms with Crippen LogP contribution >= 0.6 is 0 Å². The largest absolute Gasteiger partial charge is 0.370 e. The van der Waals surface area contributed by atoms with Gasteiger partial charge in [-0.15, -0.1) is 0 Å². The molecule has 3 nitrogen and oxygen atoms in total. The quantitative estimate of drug-likeness (QED) is 0.796. The monoisotopic (exact) mass is 207 g/mol. The third-order valence-electron chi connectivity index (χ3n) is 2.63. The molecule has 0 aliphatic heterocycles. The first-order valence-corrected chi connectivity index (χ1v) is 4.69. The first-order valence-electron chi connectivity index (χ1n) is 4.69. The van der Waals surface area contributed by atoms with Gasteiger partial charge in [-0.2, -0.15) is 0 Å². The van der Waals surface area contributed by atoms with Crippen molar-refractivity contribution in [1.82, 2.24) is 0 Å². The second-order valence-electron chi connectivity index (χ2n) is 3.73. The third kappa shape index (κ3) is 1.75. The minimum atomic E-state index is -0.468. The van der Waals surface area contributed by atoms with E-state index in [0.29, 0.717) is 11.1 Å². The van der Waals surface area contributed by atoms with E-state index in [-0.39, 0.29) is 24.5 Å². The van der Waals surface area contributed by atoms with E-state index in [0.717, 1.165) is 0 Å². The number of hydrogen-bond donors (Lipinski definition) is 1. The minimum absolute atomic E-state index is 0.0451. The average Bonchev–Trinajstić information content (AvgIpc) is 2.42. The Kier molecular flexibility index (Phi) is 2.26. The molecule has 0 radical (unpaired) electrons. The van der Waals surface area contributed by atoms with E-state index in [1.54, 1.807) is 0 Å². The smallest absolute Gasteiger partial charge is 0.218 e. The maximum Gasteiger partial charge on any atom is 0.218 e. The zero-order chi connectivity index (χ0) is 11.0. The number of halogens is 1. The van der Waals surface area contributed by atoms with Gasteiger partial charge in [0.25, 0.3) is 0 Å². The summed E-state index contributed by atoms with van der Waals surface area (Å²) in [6, 6.07) is 4.03. The summed E-state index contributed by atoms with van der Waals surface area (Å²) in [5.74, 6) is -1.15. The lowest BCUT2D eigenvalue weighted by Crippen LogP contribution is -2.14. The number of nitrogens with two attached hydrogens (primary N) is 1. The van der Waals surface area contributed by atoms with Crippen molar-refractivity contribution in [2.45, 2.75) is 18.8 Å². The number of amides is 1. The Morgan fingerprint density at radius 2 is 2.27 bits per heavy atom. The highest BCUT2D eigenvalue weighted by atomic mass is 19.1. The van der Waals surface area contributed by atoms with E-state index in [1.165, 1.54) is 18.2 Å². The zero-order valence-corrected chi connectivity index (χ0v) is 8.00. The fraction of sp³-hybridized carbons (Fsp3) is 0.273. The summed E-state index contributed by atoms with van der Waals surface area (Å²) in [4.78, 5) is 22.3. The number of primary amides is 1. The number of hydrogen-bond acceptors (Lipinski definition) is 2. The van der Waals surface area contributed by atoms with Crippen LogP contribution < -0.4 is 5.73 Å². The van der Waals surface area contributed by atoms with Crippen LogP contribution in [0.1, 0.15) is 34.7 Å². The molecule has 0 spiro atoms. The number of carbonyl (C=O) groups is 2. The zero-order valence-electron chi connectivity index (χ0n) is 8.00. The maximum absolute atomic E-state index is 13.0. The lowest BCUT2D eigenvalue weighted by molar-refractivity contribution is -0.118. The summed E-state index contributed by atoms with van der Waals surface area (Å²) < 4.78 is 13.0. The molecule has 0 bridgehead atoms. The Bertz CT molecular complexity index is 440. The van der Waals surface area contributed by atoms with Crippen LogP contribution in [0.3, 0.4) is 0 Å². The molecule has 1 unspecified atom stereocenters. The lowest BCUT2D eigenvalue weighted by Gasteiger charge is -2.07. The Balaban J connectivity index is 2.39. The standard InChI is InChI=1S/C11H10FNO2/c12-7-1-2-8-9(5-7)6(3-10(8)14)4-11(13)15/h1-2,5-6H,3-4H2,(H2,13,15). The van der Waals surface area contributed by atoms with Gasteiger partial charge in [0.05, 0.1) is 0 Å². The Labute approximate surface area is 86.1 Å². The summed E-state index contributed by atoms with van der Waals surface area (Å²) in [6.45, 7) is 0. The molecular formula is C11H10FNO2. The molecule has 0 saturated heterocycles. The number of ketones is 1. The van der Waals surface area contributed by atoms with Crippen LogP contribution in [-0.2, 0) is 4.79 Å². The summed E-state index contributed by atoms with van der Waals surface area (Å²) in [6.07, 6.45) is 0.351. The van der Waals surface area contributed by atoms with Gasteiger partial charge in [0.1, 0.15) is 5.82 Å². The molecule has 1 amide bonds. The number of rotatable bonds is 2. The molecule has 78 valence electrons. The van der Waals surface area contributed by atoms with Crippen LogP contribution in [0.4, 0.5) is 4.39 Å². The van der Waals surface area contributed by atoms with Gasteiger partial charge in [-0.05, 0) is 23.8 Å². The molecule has 1 atom stereocenters. The Hall–Kier alpha value is -1.71. The van der Waals surface area contributed by atoms with Gasteiger partial charge in [0.15, 0.2) is 5.78 Å². The summed E-state index contributed by atoms with van der Waals surface area (Å²) in [5.41, 5.74) is 6.20. The molecule has 2 rings (SSSR count). The number of benzene rings is 1. The highest BCUT2D eigenvalue weighted by Crippen LogP contribution is 2.35. The highest BCUT2D eigenvalue weighted by Gasteiger charge is 2.30. The molecule has 1 aromatic rings. The van der Waals surface area contributed by atoms with Crippen molar-refractivity contribution in [2.24, 2.45) is 5.73 Å². The van der Waals surface area contributed by atoms with Crippen molar-refractivity contribution in [1.29, 1.82) is 0 Å². The molecule has 0 fully saturated rings. The molecule has 15 heavy (non-hydrogen) atoms. The minimum Gasteiger partial charge on any atom is -0.370 e. The molecule has 0 aromatic heterocycles. The predicted octanol–water partition coefficient (Wildman–Crippen LogP) is 1.37.